The van der Waals surface area contributed by atoms with Gasteiger partial charge in [-0.3, -0.25) is 14.5 Å². The molecule has 1 saturated heterocycles. The minimum Gasteiger partial charge on any atom is -0.346 e. The van der Waals surface area contributed by atoms with Crippen molar-refractivity contribution in [1.82, 2.24) is 19.8 Å². The minimum atomic E-state index is -0.342. The molecule has 138 valence electrons. The Bertz CT molecular complexity index is 794. The molecule has 8 heteroatoms. The van der Waals surface area contributed by atoms with Gasteiger partial charge in [0.25, 0.3) is 5.91 Å². The second-order valence-electron chi connectivity index (χ2n) is 6.42. The summed E-state index contributed by atoms with van der Waals surface area (Å²) in [5, 5.41) is 2.74. The summed E-state index contributed by atoms with van der Waals surface area (Å²) >= 11 is 0. The van der Waals surface area contributed by atoms with Crippen molar-refractivity contribution in [2.45, 2.75) is 13.8 Å². The molecule has 0 bridgehead atoms. The molecule has 3 rings (SSSR count). The van der Waals surface area contributed by atoms with Gasteiger partial charge in [-0.25, -0.2) is 9.37 Å². The molecule has 0 atom stereocenters. The van der Waals surface area contributed by atoms with E-state index in [0.717, 1.165) is 11.5 Å². The Hall–Kier alpha value is -2.74. The van der Waals surface area contributed by atoms with E-state index in [4.69, 9.17) is 0 Å². The quantitative estimate of drug-likeness (QED) is 0.868. The Morgan fingerprint density at radius 2 is 1.81 bits per heavy atom. The molecule has 2 amide bonds. The molecule has 26 heavy (non-hydrogen) atoms. The molecule has 0 radical (unpaired) electrons. The second-order valence-corrected chi connectivity index (χ2v) is 6.42. The lowest BCUT2D eigenvalue weighted by molar-refractivity contribution is -0.117. The Morgan fingerprint density at radius 3 is 2.38 bits per heavy atom. The first-order valence-corrected chi connectivity index (χ1v) is 8.52. The molecule has 1 fully saturated rings. The summed E-state index contributed by atoms with van der Waals surface area (Å²) in [7, 11) is 0. The molecule has 1 aromatic heterocycles. The predicted octanol–water partition coefficient (Wildman–Crippen LogP) is 1.56. The number of H-pyrrole nitrogens is 1. The number of halogens is 1. The summed E-state index contributed by atoms with van der Waals surface area (Å²) in [4.78, 5) is 35.7. The zero-order chi connectivity index (χ0) is 18.7. The third-order valence-corrected chi connectivity index (χ3v) is 4.36. The Balaban J connectivity index is 1.49. The third-order valence-electron chi connectivity index (χ3n) is 4.36. The molecule has 1 aliphatic heterocycles. The van der Waals surface area contributed by atoms with Gasteiger partial charge in [-0.15, -0.1) is 0 Å². The van der Waals surface area contributed by atoms with E-state index in [-0.39, 0.29) is 24.2 Å². The number of imidazole rings is 1. The third kappa shape index (κ3) is 4.26. The van der Waals surface area contributed by atoms with Crippen molar-refractivity contribution in [1.29, 1.82) is 0 Å². The average Bonchev–Trinajstić information content (AvgIpc) is 2.95. The number of aryl methyl sites for hydroxylation is 2. The zero-order valence-corrected chi connectivity index (χ0v) is 14.9. The van der Waals surface area contributed by atoms with Crippen LogP contribution in [0.15, 0.2) is 24.3 Å². The fourth-order valence-electron chi connectivity index (χ4n) is 3.01. The van der Waals surface area contributed by atoms with Crippen LogP contribution < -0.4 is 5.32 Å². The van der Waals surface area contributed by atoms with Gasteiger partial charge < -0.3 is 15.2 Å². The van der Waals surface area contributed by atoms with Crippen LogP contribution in [0.1, 0.15) is 22.0 Å². The van der Waals surface area contributed by atoms with Gasteiger partial charge in [-0.2, -0.15) is 0 Å². The van der Waals surface area contributed by atoms with Crippen LogP contribution in [0.5, 0.6) is 0 Å². The Kier molecular flexibility index (Phi) is 5.32. The fourth-order valence-corrected chi connectivity index (χ4v) is 3.01. The number of anilines is 1. The van der Waals surface area contributed by atoms with E-state index in [1.165, 1.54) is 24.3 Å². The van der Waals surface area contributed by atoms with Crippen LogP contribution in [0.25, 0.3) is 0 Å². The van der Waals surface area contributed by atoms with Crippen LogP contribution in [0, 0.1) is 19.7 Å². The van der Waals surface area contributed by atoms with Crippen LogP contribution in [-0.4, -0.2) is 64.3 Å². The molecule has 2 N–H and O–H groups in total. The maximum absolute atomic E-state index is 12.9. The van der Waals surface area contributed by atoms with Crippen molar-refractivity contribution in [3.8, 4) is 0 Å². The zero-order valence-electron chi connectivity index (χ0n) is 14.9. The summed E-state index contributed by atoms with van der Waals surface area (Å²) in [5.41, 5.74) is 1.80. The monoisotopic (exact) mass is 359 g/mol. The van der Waals surface area contributed by atoms with E-state index in [9.17, 15) is 14.0 Å². The number of nitrogens with one attached hydrogen (secondary N) is 2. The largest absolute Gasteiger partial charge is 0.346 e. The summed E-state index contributed by atoms with van der Waals surface area (Å²) in [6, 6.07) is 5.66. The molecule has 0 unspecified atom stereocenters. The number of nitrogens with zero attached hydrogens (tertiary/aromatic N) is 3. The topological polar surface area (TPSA) is 81.3 Å². The molecule has 2 heterocycles. The van der Waals surface area contributed by atoms with E-state index >= 15 is 0 Å². The summed E-state index contributed by atoms with van der Waals surface area (Å²) in [6.07, 6.45) is 0. The van der Waals surface area contributed by atoms with Crippen LogP contribution in [0.2, 0.25) is 0 Å². The number of carbonyl (C=O) groups excluding carboxylic acids is 2. The number of carbonyl (C=O) groups is 2. The van der Waals surface area contributed by atoms with Gasteiger partial charge in [0.15, 0.2) is 0 Å². The highest BCUT2D eigenvalue weighted by Crippen LogP contribution is 2.12. The maximum atomic E-state index is 12.9. The molecule has 1 aliphatic rings. The number of hydrogen-bond donors (Lipinski definition) is 2. The van der Waals surface area contributed by atoms with Crippen molar-refractivity contribution >= 4 is 17.5 Å². The van der Waals surface area contributed by atoms with E-state index in [2.05, 4.69) is 15.3 Å². The van der Waals surface area contributed by atoms with E-state index in [0.29, 0.717) is 37.6 Å². The van der Waals surface area contributed by atoms with Crippen molar-refractivity contribution in [3.63, 3.8) is 0 Å². The lowest BCUT2D eigenvalue weighted by Gasteiger charge is -2.34. The van der Waals surface area contributed by atoms with Crippen LogP contribution in [-0.2, 0) is 4.79 Å². The number of piperazine rings is 1. The number of benzene rings is 1. The first kappa shape index (κ1) is 18.1. The molecular weight excluding hydrogens is 337 g/mol. The van der Waals surface area contributed by atoms with E-state index in [1.807, 2.05) is 18.7 Å². The minimum absolute atomic E-state index is 0.0812. The number of aromatic amines is 1. The molecule has 0 spiro atoms. The molecule has 7 nitrogen and oxygen atoms in total. The van der Waals surface area contributed by atoms with Crippen molar-refractivity contribution in [2.24, 2.45) is 0 Å². The maximum Gasteiger partial charge on any atom is 0.274 e. The van der Waals surface area contributed by atoms with Gasteiger partial charge in [0.05, 0.1) is 6.54 Å². The normalized spacial score (nSPS) is 15.1. The van der Waals surface area contributed by atoms with Crippen molar-refractivity contribution < 1.29 is 14.0 Å². The first-order chi connectivity index (χ1) is 12.4. The van der Waals surface area contributed by atoms with Gasteiger partial charge in [0, 0.05) is 37.6 Å². The van der Waals surface area contributed by atoms with Crippen LogP contribution in [0.4, 0.5) is 10.1 Å². The fraction of sp³-hybridized carbons (Fsp3) is 0.389. The average molecular weight is 359 g/mol. The highest BCUT2D eigenvalue weighted by atomic mass is 19.1. The van der Waals surface area contributed by atoms with Crippen LogP contribution >= 0.6 is 0 Å². The number of rotatable bonds is 4. The lowest BCUT2D eigenvalue weighted by atomic mass is 10.2. The molecule has 2 aromatic rings. The molecule has 0 saturated carbocycles. The lowest BCUT2D eigenvalue weighted by Crippen LogP contribution is -2.50. The van der Waals surface area contributed by atoms with E-state index in [1.54, 1.807) is 4.90 Å². The van der Waals surface area contributed by atoms with Gasteiger partial charge in [-0.1, -0.05) is 0 Å². The number of aromatic nitrogens is 2. The highest BCUT2D eigenvalue weighted by molar-refractivity contribution is 5.94. The molecular formula is C18H22FN5O2. The summed E-state index contributed by atoms with van der Waals surface area (Å²) in [6.45, 7) is 6.22. The Labute approximate surface area is 151 Å². The Morgan fingerprint density at radius 1 is 1.15 bits per heavy atom. The standard InChI is InChI=1S/C18H22FN5O2/c1-12-17(21-13(2)20-12)18(26)24-9-7-23(8-10-24)11-16(25)22-15-5-3-14(19)4-6-15/h3-6H,7-11H2,1-2H3,(H,20,21)(H,22,25). The smallest absolute Gasteiger partial charge is 0.274 e. The second kappa shape index (κ2) is 7.65. The van der Waals surface area contributed by atoms with Crippen LogP contribution in [0.3, 0.4) is 0 Å². The van der Waals surface area contributed by atoms with Gasteiger partial charge >= 0.3 is 0 Å². The predicted molar refractivity (Wildman–Crippen MR) is 95.4 cm³/mol. The van der Waals surface area contributed by atoms with Gasteiger partial charge in [0.2, 0.25) is 5.91 Å². The van der Waals surface area contributed by atoms with Crippen molar-refractivity contribution in [3.05, 3.63) is 47.3 Å². The summed E-state index contributed by atoms with van der Waals surface area (Å²) < 4.78 is 12.9. The number of amides is 2. The van der Waals surface area contributed by atoms with Gasteiger partial charge in [-0.05, 0) is 38.1 Å². The van der Waals surface area contributed by atoms with E-state index < -0.39 is 0 Å². The van der Waals surface area contributed by atoms with Gasteiger partial charge in [0.1, 0.15) is 17.3 Å². The summed E-state index contributed by atoms with van der Waals surface area (Å²) in [5.74, 6) is 0.144. The van der Waals surface area contributed by atoms with Crippen molar-refractivity contribution in [2.75, 3.05) is 38.0 Å². The SMILES string of the molecule is Cc1nc(C(=O)N2CCN(CC(=O)Nc3ccc(F)cc3)CC2)c(C)[nH]1. The number of hydrogen-bond acceptors (Lipinski definition) is 4. The molecule has 0 aliphatic carbocycles. The first-order valence-electron chi connectivity index (χ1n) is 8.52. The molecule has 1 aromatic carbocycles. The highest BCUT2D eigenvalue weighted by Gasteiger charge is 2.25.